The summed E-state index contributed by atoms with van der Waals surface area (Å²) in [7, 11) is 0. The van der Waals surface area contributed by atoms with E-state index in [0.29, 0.717) is 23.0 Å². The third kappa shape index (κ3) is 2.92. The predicted molar refractivity (Wildman–Crippen MR) is 90.8 cm³/mol. The van der Waals surface area contributed by atoms with Crippen LogP contribution in [0.1, 0.15) is 26.0 Å². The first-order valence-corrected chi connectivity index (χ1v) is 7.87. The van der Waals surface area contributed by atoms with Gasteiger partial charge in [-0.1, -0.05) is 18.5 Å². The number of benzene rings is 1. The molecule has 6 nitrogen and oxygen atoms in total. The Bertz CT molecular complexity index is 813. The van der Waals surface area contributed by atoms with Crippen LogP contribution in [0.2, 0.25) is 5.02 Å². The molecular weight excluding hydrogens is 330 g/mol. The minimum absolute atomic E-state index is 0.379. The van der Waals surface area contributed by atoms with Crippen molar-refractivity contribution in [3.05, 3.63) is 47.2 Å². The zero-order valence-electron chi connectivity index (χ0n) is 13.2. The van der Waals surface area contributed by atoms with Gasteiger partial charge in [-0.2, -0.15) is 5.10 Å². The highest BCUT2D eigenvalue weighted by atomic mass is 35.5. The van der Waals surface area contributed by atoms with Crippen molar-refractivity contribution in [1.82, 2.24) is 10.3 Å². The summed E-state index contributed by atoms with van der Waals surface area (Å²) in [4.78, 5) is 24.1. The molecule has 7 heteroatoms. The molecule has 1 saturated heterocycles. The Hall–Kier alpha value is -2.60. The van der Waals surface area contributed by atoms with E-state index in [4.69, 9.17) is 16.0 Å². The Morgan fingerprint density at radius 3 is 2.58 bits per heavy atom. The third-order valence-corrected chi connectivity index (χ3v) is 4.25. The van der Waals surface area contributed by atoms with Crippen LogP contribution in [0.5, 0.6) is 0 Å². The molecule has 0 saturated carbocycles. The lowest BCUT2D eigenvalue weighted by Crippen LogP contribution is -2.42. The summed E-state index contributed by atoms with van der Waals surface area (Å²) in [5, 5.41) is 8.06. The van der Waals surface area contributed by atoms with Gasteiger partial charge in [0, 0.05) is 10.6 Å². The van der Waals surface area contributed by atoms with E-state index in [9.17, 15) is 9.59 Å². The summed E-state index contributed by atoms with van der Waals surface area (Å²) in [6.45, 7) is 3.50. The van der Waals surface area contributed by atoms with Crippen molar-refractivity contribution >= 4 is 29.8 Å². The summed E-state index contributed by atoms with van der Waals surface area (Å²) in [6.07, 6.45) is 1.84. The Balaban J connectivity index is 1.77. The number of halogens is 1. The monoisotopic (exact) mass is 345 g/mol. The van der Waals surface area contributed by atoms with Gasteiger partial charge in [0.15, 0.2) is 0 Å². The minimum atomic E-state index is -0.911. The number of rotatable bonds is 4. The maximum Gasteiger partial charge on any atom is 0.346 e. The van der Waals surface area contributed by atoms with Gasteiger partial charge in [-0.05, 0) is 49.7 Å². The normalized spacial score (nSPS) is 20.9. The molecule has 0 spiro atoms. The highest BCUT2D eigenvalue weighted by Crippen LogP contribution is 2.24. The number of nitrogens with one attached hydrogen (secondary N) is 1. The Morgan fingerprint density at radius 1 is 1.25 bits per heavy atom. The molecule has 1 aliphatic heterocycles. The second kappa shape index (κ2) is 6.13. The maximum atomic E-state index is 12.2. The van der Waals surface area contributed by atoms with Crippen molar-refractivity contribution in [2.24, 2.45) is 5.10 Å². The molecule has 124 valence electrons. The zero-order chi connectivity index (χ0) is 17.3. The lowest BCUT2D eigenvalue weighted by atomic mass is 10.00. The third-order valence-electron chi connectivity index (χ3n) is 4.00. The Labute approximate surface area is 144 Å². The van der Waals surface area contributed by atoms with Crippen LogP contribution in [0.25, 0.3) is 11.3 Å². The van der Waals surface area contributed by atoms with Gasteiger partial charge in [0.25, 0.3) is 5.91 Å². The van der Waals surface area contributed by atoms with Crippen LogP contribution in [-0.2, 0) is 4.79 Å². The van der Waals surface area contributed by atoms with Crippen LogP contribution in [-0.4, -0.2) is 28.7 Å². The van der Waals surface area contributed by atoms with Crippen LogP contribution in [0.15, 0.2) is 45.9 Å². The van der Waals surface area contributed by atoms with Gasteiger partial charge in [-0.25, -0.2) is 4.79 Å². The van der Waals surface area contributed by atoms with Gasteiger partial charge in [0.05, 0.1) is 6.21 Å². The summed E-state index contributed by atoms with van der Waals surface area (Å²) < 4.78 is 5.66. The number of imide groups is 1. The molecule has 2 aromatic rings. The van der Waals surface area contributed by atoms with Crippen molar-refractivity contribution in [3.63, 3.8) is 0 Å². The average molecular weight is 346 g/mol. The molecule has 2 heterocycles. The minimum Gasteiger partial charge on any atom is -0.455 e. The molecule has 3 amide bonds. The van der Waals surface area contributed by atoms with Gasteiger partial charge in [0.1, 0.15) is 17.1 Å². The number of hydrogen-bond acceptors (Lipinski definition) is 4. The maximum absolute atomic E-state index is 12.2. The van der Waals surface area contributed by atoms with E-state index in [1.807, 2.05) is 19.1 Å². The first-order chi connectivity index (χ1) is 11.4. The van der Waals surface area contributed by atoms with Crippen molar-refractivity contribution in [2.75, 3.05) is 0 Å². The van der Waals surface area contributed by atoms with Crippen molar-refractivity contribution in [2.45, 2.75) is 25.8 Å². The van der Waals surface area contributed by atoms with E-state index in [-0.39, 0.29) is 5.91 Å². The van der Waals surface area contributed by atoms with Crippen LogP contribution < -0.4 is 5.32 Å². The Kier molecular flexibility index (Phi) is 4.15. The summed E-state index contributed by atoms with van der Waals surface area (Å²) >= 11 is 5.86. The number of furan rings is 1. The number of carbonyl (C=O) groups is 2. The SMILES string of the molecule is CCC1(C)NC(=O)N(/N=C/c2ccc(-c3ccc(Cl)cc3)o2)C1=O. The molecule has 0 bridgehead atoms. The number of nitrogens with zero attached hydrogens (tertiary/aromatic N) is 2. The number of amides is 3. The highest BCUT2D eigenvalue weighted by Gasteiger charge is 2.46. The number of hydrazone groups is 1. The van der Waals surface area contributed by atoms with E-state index in [2.05, 4.69) is 10.4 Å². The van der Waals surface area contributed by atoms with Crippen molar-refractivity contribution in [1.29, 1.82) is 0 Å². The fourth-order valence-corrected chi connectivity index (χ4v) is 2.45. The lowest BCUT2D eigenvalue weighted by molar-refractivity contribution is -0.130. The smallest absolute Gasteiger partial charge is 0.346 e. The molecule has 1 aromatic heterocycles. The fraction of sp³-hybridized carbons (Fsp3) is 0.235. The van der Waals surface area contributed by atoms with Gasteiger partial charge < -0.3 is 9.73 Å². The molecule has 1 fully saturated rings. The van der Waals surface area contributed by atoms with E-state index in [1.165, 1.54) is 6.21 Å². The largest absolute Gasteiger partial charge is 0.455 e. The lowest BCUT2D eigenvalue weighted by Gasteiger charge is -2.17. The molecule has 1 atom stereocenters. The van der Waals surface area contributed by atoms with E-state index in [0.717, 1.165) is 10.6 Å². The second-order valence-electron chi connectivity index (χ2n) is 5.69. The molecule has 0 aliphatic carbocycles. The zero-order valence-corrected chi connectivity index (χ0v) is 14.0. The molecule has 0 radical (unpaired) electrons. The first-order valence-electron chi connectivity index (χ1n) is 7.49. The number of urea groups is 1. The number of carbonyl (C=O) groups excluding carboxylic acids is 2. The van der Waals surface area contributed by atoms with E-state index in [1.54, 1.807) is 31.2 Å². The van der Waals surface area contributed by atoms with Gasteiger partial charge in [-0.3, -0.25) is 4.79 Å². The van der Waals surface area contributed by atoms with E-state index >= 15 is 0 Å². The topological polar surface area (TPSA) is 74.9 Å². The van der Waals surface area contributed by atoms with Crippen molar-refractivity contribution < 1.29 is 14.0 Å². The first kappa shape index (κ1) is 16.3. The summed E-state index contributed by atoms with van der Waals surface area (Å²) in [6, 6.07) is 10.2. The number of hydrogen-bond donors (Lipinski definition) is 1. The van der Waals surface area contributed by atoms with Crippen LogP contribution in [0.3, 0.4) is 0 Å². The van der Waals surface area contributed by atoms with Crippen molar-refractivity contribution in [3.8, 4) is 11.3 Å². The fourth-order valence-electron chi connectivity index (χ4n) is 2.32. The van der Waals surface area contributed by atoms with Gasteiger partial charge >= 0.3 is 6.03 Å². The molecule has 1 unspecified atom stereocenters. The van der Waals surface area contributed by atoms with Gasteiger partial charge in [-0.15, -0.1) is 5.01 Å². The molecular formula is C17H16ClN3O3. The molecule has 1 aromatic carbocycles. The summed E-state index contributed by atoms with van der Waals surface area (Å²) in [5.74, 6) is 0.699. The molecule has 1 aliphatic rings. The van der Waals surface area contributed by atoms with Gasteiger partial charge in [0.2, 0.25) is 0 Å². The Morgan fingerprint density at radius 2 is 1.96 bits per heavy atom. The van der Waals surface area contributed by atoms with Crippen LogP contribution >= 0.6 is 11.6 Å². The predicted octanol–water partition coefficient (Wildman–Crippen LogP) is 3.65. The van der Waals surface area contributed by atoms with E-state index < -0.39 is 11.6 Å². The molecule has 3 rings (SSSR count). The quantitative estimate of drug-likeness (QED) is 0.678. The molecule has 1 N–H and O–H groups in total. The second-order valence-corrected chi connectivity index (χ2v) is 6.12. The molecule has 24 heavy (non-hydrogen) atoms. The standard InChI is InChI=1S/C17H16ClN3O3/c1-3-17(2)15(22)21(16(23)20-17)19-10-13-8-9-14(24-13)11-4-6-12(18)7-5-11/h4-10H,3H2,1-2H3,(H,20,23)/b19-10+. The summed E-state index contributed by atoms with van der Waals surface area (Å²) in [5.41, 5.74) is -0.0425. The van der Waals surface area contributed by atoms with Crippen LogP contribution in [0, 0.1) is 0 Å². The highest BCUT2D eigenvalue weighted by molar-refractivity contribution is 6.30. The van der Waals surface area contributed by atoms with Crippen LogP contribution in [0.4, 0.5) is 4.79 Å². The average Bonchev–Trinajstić information content (AvgIpc) is 3.11.